The molecule has 3 N–H and O–H groups in total. The van der Waals surface area contributed by atoms with Gasteiger partial charge in [0.05, 0.1) is 17.1 Å². The highest BCUT2D eigenvalue weighted by Crippen LogP contribution is 2.50. The van der Waals surface area contributed by atoms with Crippen LogP contribution in [0.15, 0.2) is 41.8 Å². The summed E-state index contributed by atoms with van der Waals surface area (Å²) in [6, 6.07) is 9.31. The molecule has 6 nitrogen and oxygen atoms in total. The lowest BCUT2D eigenvalue weighted by atomic mass is 9.87. The number of halogens is 2. The molecule has 0 radical (unpaired) electrons. The second kappa shape index (κ2) is 7.20. The SMILES string of the molecule is CC1(C)CN(c2ccccc2NC(=O)Nc2csc(Cl)n2)c2c(O)cc(F)cc21. The van der Waals surface area contributed by atoms with Crippen LogP contribution in [0.1, 0.15) is 19.4 Å². The predicted molar refractivity (Wildman–Crippen MR) is 114 cm³/mol. The third kappa shape index (κ3) is 3.73. The average Bonchev–Trinajstić information content (AvgIpc) is 3.16. The number of carbonyl (C=O) groups is 1. The molecule has 1 aromatic heterocycles. The van der Waals surface area contributed by atoms with Crippen molar-refractivity contribution in [1.82, 2.24) is 4.98 Å². The Morgan fingerprint density at radius 3 is 2.79 bits per heavy atom. The molecule has 0 saturated carbocycles. The summed E-state index contributed by atoms with van der Waals surface area (Å²) < 4.78 is 14.2. The van der Waals surface area contributed by atoms with Gasteiger partial charge >= 0.3 is 6.03 Å². The van der Waals surface area contributed by atoms with Crippen molar-refractivity contribution < 1.29 is 14.3 Å². The number of aromatic nitrogens is 1. The van der Waals surface area contributed by atoms with E-state index in [4.69, 9.17) is 11.6 Å². The first-order chi connectivity index (χ1) is 13.7. The Bertz CT molecular complexity index is 1100. The minimum absolute atomic E-state index is 0.137. The number of phenolic OH excluding ortho intramolecular Hbond substituents is 1. The standard InChI is InChI=1S/C20H18ClFN4O2S/c1-20(2)10-26(17-12(20)7-11(22)8-15(17)27)14-6-4-3-5-13(14)23-19(28)25-16-9-29-18(21)24-16/h3-9,27H,10H2,1-2H3,(H2,23,25,28). The van der Waals surface area contributed by atoms with Crippen LogP contribution in [-0.2, 0) is 5.41 Å². The molecule has 0 atom stereocenters. The van der Waals surface area contributed by atoms with Crippen LogP contribution in [-0.4, -0.2) is 22.7 Å². The average molecular weight is 433 g/mol. The van der Waals surface area contributed by atoms with Crippen LogP contribution in [0, 0.1) is 5.82 Å². The molecule has 29 heavy (non-hydrogen) atoms. The van der Waals surface area contributed by atoms with Crippen molar-refractivity contribution in [3.63, 3.8) is 0 Å². The molecule has 2 amide bonds. The molecule has 1 aliphatic heterocycles. The molecule has 3 aromatic rings. The van der Waals surface area contributed by atoms with E-state index >= 15 is 0 Å². The van der Waals surface area contributed by atoms with Gasteiger partial charge in [-0.3, -0.25) is 5.32 Å². The van der Waals surface area contributed by atoms with Gasteiger partial charge in [-0.1, -0.05) is 37.6 Å². The van der Waals surface area contributed by atoms with Crippen LogP contribution in [0.4, 0.5) is 32.1 Å². The number of thiazole rings is 1. The maximum absolute atomic E-state index is 13.9. The topological polar surface area (TPSA) is 77.5 Å². The van der Waals surface area contributed by atoms with Crippen molar-refractivity contribution in [3.8, 4) is 5.75 Å². The molecule has 150 valence electrons. The summed E-state index contributed by atoms with van der Waals surface area (Å²) in [6.45, 7) is 4.49. The predicted octanol–water partition coefficient (Wildman–Crippen LogP) is 5.71. The Morgan fingerprint density at radius 1 is 1.31 bits per heavy atom. The molecular formula is C20H18ClFN4O2S. The maximum atomic E-state index is 13.9. The molecule has 2 aromatic carbocycles. The molecule has 0 fully saturated rings. The zero-order chi connectivity index (χ0) is 20.8. The van der Waals surface area contributed by atoms with Crippen LogP contribution < -0.4 is 15.5 Å². The zero-order valence-electron chi connectivity index (χ0n) is 15.7. The van der Waals surface area contributed by atoms with Crippen LogP contribution in [0.2, 0.25) is 4.47 Å². The smallest absolute Gasteiger partial charge is 0.324 e. The number of nitrogens with zero attached hydrogens (tertiary/aromatic N) is 2. The molecule has 0 aliphatic carbocycles. The fourth-order valence-electron chi connectivity index (χ4n) is 3.54. The van der Waals surface area contributed by atoms with Gasteiger partial charge in [0.2, 0.25) is 0 Å². The van der Waals surface area contributed by atoms with E-state index < -0.39 is 11.8 Å². The molecule has 0 bridgehead atoms. The van der Waals surface area contributed by atoms with Gasteiger partial charge in [-0.05, 0) is 23.8 Å². The minimum atomic E-state index is -0.483. The minimum Gasteiger partial charge on any atom is -0.506 e. The van der Waals surface area contributed by atoms with Crippen molar-refractivity contribution in [2.24, 2.45) is 0 Å². The van der Waals surface area contributed by atoms with Crippen molar-refractivity contribution in [3.05, 3.63) is 57.6 Å². The fourth-order valence-corrected chi connectivity index (χ4v) is 4.24. The molecule has 9 heteroatoms. The highest BCUT2D eigenvalue weighted by Gasteiger charge is 2.39. The zero-order valence-corrected chi connectivity index (χ0v) is 17.2. The van der Waals surface area contributed by atoms with Gasteiger partial charge in [0.25, 0.3) is 0 Å². The Labute approximate surface area is 176 Å². The summed E-state index contributed by atoms with van der Waals surface area (Å²) in [7, 11) is 0. The molecular weight excluding hydrogens is 415 g/mol. The van der Waals surface area contributed by atoms with Crippen LogP contribution in [0.3, 0.4) is 0 Å². The Morgan fingerprint density at radius 2 is 2.07 bits per heavy atom. The largest absolute Gasteiger partial charge is 0.506 e. The number of urea groups is 1. The second-order valence-electron chi connectivity index (χ2n) is 7.37. The third-order valence-electron chi connectivity index (χ3n) is 4.77. The number of rotatable bonds is 3. The monoisotopic (exact) mass is 432 g/mol. The number of para-hydroxylation sites is 2. The highest BCUT2D eigenvalue weighted by atomic mass is 35.5. The van der Waals surface area contributed by atoms with E-state index in [0.29, 0.717) is 39.5 Å². The summed E-state index contributed by atoms with van der Waals surface area (Å²) in [5.74, 6) is -0.262. The first-order valence-electron chi connectivity index (χ1n) is 8.83. The number of benzene rings is 2. The van der Waals surface area contributed by atoms with Crippen LogP contribution in [0.5, 0.6) is 5.75 Å². The summed E-state index contributed by atoms with van der Waals surface area (Å²) in [6.07, 6.45) is 0. The lowest BCUT2D eigenvalue weighted by molar-refractivity contribution is 0.262. The lowest BCUT2D eigenvalue weighted by Gasteiger charge is -2.25. The summed E-state index contributed by atoms with van der Waals surface area (Å²) in [5.41, 5.74) is 2.09. The van der Waals surface area contributed by atoms with Gasteiger partial charge in [0, 0.05) is 23.4 Å². The number of fused-ring (bicyclic) bond motifs is 1. The van der Waals surface area contributed by atoms with Crippen LogP contribution >= 0.6 is 22.9 Å². The fraction of sp³-hybridized carbons (Fsp3) is 0.200. The first kappa shape index (κ1) is 19.5. The lowest BCUT2D eigenvalue weighted by Crippen LogP contribution is -2.26. The van der Waals surface area contributed by atoms with E-state index in [1.165, 1.54) is 17.4 Å². The maximum Gasteiger partial charge on any atom is 0.324 e. The molecule has 0 saturated heterocycles. The molecule has 2 heterocycles. The van der Waals surface area contributed by atoms with E-state index in [1.54, 1.807) is 17.5 Å². The number of hydrogen-bond acceptors (Lipinski definition) is 5. The van der Waals surface area contributed by atoms with Crippen molar-refractivity contribution in [1.29, 1.82) is 0 Å². The number of amides is 2. The number of aromatic hydroxyl groups is 1. The number of phenols is 1. The van der Waals surface area contributed by atoms with Crippen LogP contribution in [0.25, 0.3) is 0 Å². The summed E-state index contributed by atoms with van der Waals surface area (Å²) in [5, 5.41) is 17.5. The Kier molecular flexibility index (Phi) is 4.84. The van der Waals surface area contributed by atoms with E-state index in [0.717, 1.165) is 6.07 Å². The Hall–Kier alpha value is -2.84. The second-order valence-corrected chi connectivity index (χ2v) is 8.81. The molecule has 1 aliphatic rings. The Balaban J connectivity index is 1.67. The van der Waals surface area contributed by atoms with Crippen molar-refractivity contribution in [2.45, 2.75) is 19.3 Å². The van der Waals surface area contributed by atoms with E-state index in [9.17, 15) is 14.3 Å². The van der Waals surface area contributed by atoms with Gasteiger partial charge in [-0.2, -0.15) is 0 Å². The molecule has 0 unspecified atom stereocenters. The third-order valence-corrected chi connectivity index (χ3v) is 5.75. The van der Waals surface area contributed by atoms with E-state index in [2.05, 4.69) is 15.6 Å². The number of carbonyl (C=O) groups excluding carboxylic acids is 1. The van der Waals surface area contributed by atoms with Gasteiger partial charge in [0.15, 0.2) is 4.47 Å². The normalized spacial score (nSPS) is 14.6. The number of anilines is 4. The number of hydrogen-bond donors (Lipinski definition) is 3. The quantitative estimate of drug-likeness (QED) is 0.495. The van der Waals surface area contributed by atoms with E-state index in [1.807, 2.05) is 30.9 Å². The van der Waals surface area contributed by atoms with Gasteiger partial charge in [-0.25, -0.2) is 14.2 Å². The molecule has 0 spiro atoms. The first-order valence-corrected chi connectivity index (χ1v) is 10.1. The van der Waals surface area contributed by atoms with Crippen molar-refractivity contribution >= 4 is 51.8 Å². The van der Waals surface area contributed by atoms with Gasteiger partial charge < -0.3 is 15.3 Å². The van der Waals surface area contributed by atoms with Gasteiger partial charge in [0.1, 0.15) is 17.4 Å². The van der Waals surface area contributed by atoms with Gasteiger partial charge in [-0.15, -0.1) is 11.3 Å². The summed E-state index contributed by atoms with van der Waals surface area (Å²) in [4.78, 5) is 18.3. The number of nitrogens with one attached hydrogen (secondary N) is 2. The highest BCUT2D eigenvalue weighted by molar-refractivity contribution is 7.14. The van der Waals surface area contributed by atoms with E-state index in [-0.39, 0.29) is 11.2 Å². The molecule has 4 rings (SSSR count). The van der Waals surface area contributed by atoms with Crippen molar-refractivity contribution in [2.75, 3.05) is 22.1 Å². The summed E-state index contributed by atoms with van der Waals surface area (Å²) >= 11 is 7.01.